The molecule has 0 bridgehead atoms. The summed E-state index contributed by atoms with van der Waals surface area (Å²) in [5.74, 6) is 0.356. The van der Waals surface area contributed by atoms with Crippen LogP contribution in [-0.2, 0) is 4.79 Å². The van der Waals surface area contributed by atoms with Crippen LogP contribution in [0.25, 0.3) is 0 Å². The highest BCUT2D eigenvalue weighted by Crippen LogP contribution is 2.21. The molecule has 0 atom stereocenters. The van der Waals surface area contributed by atoms with Gasteiger partial charge in [0.1, 0.15) is 5.78 Å². The van der Waals surface area contributed by atoms with Gasteiger partial charge in [0.2, 0.25) is 0 Å². The van der Waals surface area contributed by atoms with Gasteiger partial charge in [-0.2, -0.15) is 0 Å². The van der Waals surface area contributed by atoms with Crippen molar-refractivity contribution in [1.29, 1.82) is 0 Å². The summed E-state index contributed by atoms with van der Waals surface area (Å²) < 4.78 is 0.144. The van der Waals surface area contributed by atoms with Crippen molar-refractivity contribution in [2.45, 2.75) is 37.0 Å². The number of alkyl halides is 1. The van der Waals surface area contributed by atoms with Crippen LogP contribution < -0.4 is 0 Å². The number of hydrogen-bond donors (Lipinski definition) is 0. The molecule has 0 spiro atoms. The summed E-state index contributed by atoms with van der Waals surface area (Å²) in [5.41, 5.74) is 0. The second-order valence-corrected chi connectivity index (χ2v) is 5.71. The highest BCUT2D eigenvalue weighted by molar-refractivity contribution is 14.1. The van der Waals surface area contributed by atoms with Crippen LogP contribution in [0.5, 0.6) is 0 Å². The predicted molar refractivity (Wildman–Crippen MR) is 48.0 cm³/mol. The van der Waals surface area contributed by atoms with E-state index in [0.717, 1.165) is 0 Å². The summed E-state index contributed by atoms with van der Waals surface area (Å²) in [5, 5.41) is 0. The van der Waals surface area contributed by atoms with Gasteiger partial charge in [-0.05, 0) is 0 Å². The average molecular weight is 240 g/mol. The van der Waals surface area contributed by atoms with Crippen LogP contribution in [0.15, 0.2) is 0 Å². The van der Waals surface area contributed by atoms with E-state index in [-0.39, 0.29) is 3.42 Å². The van der Waals surface area contributed by atoms with Crippen LogP contribution in [0.2, 0.25) is 0 Å². The van der Waals surface area contributed by atoms with Gasteiger partial charge in [0.15, 0.2) is 0 Å². The monoisotopic (exact) mass is 240 g/mol. The van der Waals surface area contributed by atoms with Gasteiger partial charge in [0.25, 0.3) is 0 Å². The van der Waals surface area contributed by atoms with Gasteiger partial charge in [-0.1, -0.05) is 43.4 Å². The summed E-state index contributed by atoms with van der Waals surface area (Å²) in [6.45, 7) is 6.05. The van der Waals surface area contributed by atoms with Gasteiger partial charge in [-0.25, -0.2) is 0 Å². The fourth-order valence-electron chi connectivity index (χ4n) is 0.594. The number of carbonyl (C=O) groups is 1. The van der Waals surface area contributed by atoms with Crippen LogP contribution in [0, 0.1) is 0 Å². The van der Waals surface area contributed by atoms with Crippen molar-refractivity contribution in [2.75, 3.05) is 0 Å². The number of ketones is 1. The van der Waals surface area contributed by atoms with E-state index < -0.39 is 0 Å². The van der Waals surface area contributed by atoms with Gasteiger partial charge in [-0.3, -0.25) is 4.79 Å². The summed E-state index contributed by atoms with van der Waals surface area (Å²) in [7, 11) is 0. The maximum atomic E-state index is 10.8. The molecule has 0 aliphatic carbocycles. The molecule has 0 saturated heterocycles. The standard InChI is InChI=1S/C7H13IO/c1-4-6(9)5-7(2,3)8/h4-5H2,1-3H3. The lowest BCUT2D eigenvalue weighted by molar-refractivity contribution is -0.119. The molecule has 0 N–H and O–H groups in total. The van der Waals surface area contributed by atoms with Crippen molar-refractivity contribution in [3.63, 3.8) is 0 Å². The molecule has 0 rings (SSSR count). The maximum absolute atomic E-state index is 10.8. The van der Waals surface area contributed by atoms with Gasteiger partial charge >= 0.3 is 0 Å². The molecule has 0 saturated carbocycles. The van der Waals surface area contributed by atoms with E-state index in [1.54, 1.807) is 0 Å². The third-order valence-electron chi connectivity index (χ3n) is 1.01. The highest BCUT2D eigenvalue weighted by Gasteiger charge is 2.15. The third-order valence-corrected chi connectivity index (χ3v) is 1.39. The molecule has 0 amide bonds. The Morgan fingerprint density at radius 1 is 1.56 bits per heavy atom. The maximum Gasteiger partial charge on any atom is 0.133 e. The van der Waals surface area contributed by atoms with Gasteiger partial charge in [0, 0.05) is 16.3 Å². The van der Waals surface area contributed by atoms with Crippen LogP contribution in [-0.4, -0.2) is 9.20 Å². The Kier molecular flexibility index (Phi) is 3.70. The minimum atomic E-state index is 0.144. The number of Topliss-reactive ketones (excluding diaryl/α,β-unsaturated/α-hetero) is 1. The smallest absolute Gasteiger partial charge is 0.133 e. The van der Waals surface area contributed by atoms with E-state index in [9.17, 15) is 4.79 Å². The van der Waals surface area contributed by atoms with Crippen LogP contribution in [0.4, 0.5) is 0 Å². The Hall–Kier alpha value is 0.400. The predicted octanol–water partition coefficient (Wildman–Crippen LogP) is 2.57. The van der Waals surface area contributed by atoms with Gasteiger partial charge < -0.3 is 0 Å². The molecule has 54 valence electrons. The van der Waals surface area contributed by atoms with Crippen molar-refractivity contribution in [1.82, 2.24) is 0 Å². The zero-order chi connectivity index (χ0) is 7.49. The van der Waals surface area contributed by atoms with Crippen molar-refractivity contribution in [3.8, 4) is 0 Å². The summed E-state index contributed by atoms with van der Waals surface area (Å²) >= 11 is 2.29. The fraction of sp³-hybridized carbons (Fsp3) is 0.857. The van der Waals surface area contributed by atoms with Gasteiger partial charge in [-0.15, -0.1) is 0 Å². The molecule has 0 aromatic rings. The quantitative estimate of drug-likeness (QED) is 0.547. The normalized spacial score (nSPS) is 11.6. The Morgan fingerprint density at radius 2 is 2.00 bits per heavy atom. The zero-order valence-electron chi connectivity index (χ0n) is 6.20. The minimum absolute atomic E-state index is 0.144. The first-order valence-electron chi connectivity index (χ1n) is 3.16. The molecule has 0 aliphatic rings. The SMILES string of the molecule is CCC(=O)CC(C)(C)I. The average Bonchev–Trinajstić information content (AvgIpc) is 1.62. The third kappa shape index (κ3) is 6.28. The Morgan fingerprint density at radius 3 is 2.11 bits per heavy atom. The van der Waals surface area contributed by atoms with Crippen LogP contribution >= 0.6 is 22.6 Å². The molecule has 0 unspecified atom stereocenters. The molecule has 0 radical (unpaired) electrons. The Bertz CT molecular complexity index is 102. The molecule has 0 aromatic heterocycles. The first-order chi connectivity index (χ1) is 3.95. The van der Waals surface area contributed by atoms with Crippen LogP contribution in [0.1, 0.15) is 33.6 Å². The van der Waals surface area contributed by atoms with E-state index >= 15 is 0 Å². The van der Waals surface area contributed by atoms with E-state index in [4.69, 9.17) is 0 Å². The lowest BCUT2D eigenvalue weighted by atomic mass is 10.1. The molecular formula is C7H13IO. The lowest BCUT2D eigenvalue weighted by Crippen LogP contribution is -2.14. The fourth-order valence-corrected chi connectivity index (χ4v) is 1.02. The number of hydrogen-bond acceptors (Lipinski definition) is 1. The minimum Gasteiger partial charge on any atom is -0.300 e. The molecule has 0 aliphatic heterocycles. The van der Waals surface area contributed by atoms with Crippen molar-refractivity contribution in [3.05, 3.63) is 0 Å². The van der Waals surface area contributed by atoms with E-state index in [2.05, 4.69) is 36.4 Å². The first-order valence-corrected chi connectivity index (χ1v) is 4.24. The molecule has 9 heavy (non-hydrogen) atoms. The molecule has 0 heterocycles. The molecular weight excluding hydrogens is 227 g/mol. The van der Waals surface area contributed by atoms with Gasteiger partial charge in [0.05, 0.1) is 0 Å². The highest BCUT2D eigenvalue weighted by atomic mass is 127. The summed E-state index contributed by atoms with van der Waals surface area (Å²) in [6.07, 6.45) is 1.37. The summed E-state index contributed by atoms with van der Waals surface area (Å²) in [6, 6.07) is 0. The summed E-state index contributed by atoms with van der Waals surface area (Å²) in [4.78, 5) is 10.8. The zero-order valence-corrected chi connectivity index (χ0v) is 8.36. The number of halogens is 1. The number of carbonyl (C=O) groups excluding carboxylic acids is 1. The van der Waals surface area contributed by atoms with Crippen molar-refractivity contribution >= 4 is 28.4 Å². The number of rotatable bonds is 3. The van der Waals surface area contributed by atoms with Crippen molar-refractivity contribution < 1.29 is 4.79 Å². The molecule has 0 fully saturated rings. The second-order valence-electron chi connectivity index (χ2n) is 2.79. The molecule has 2 heteroatoms. The molecule has 0 aromatic carbocycles. The van der Waals surface area contributed by atoms with E-state index in [1.165, 1.54) is 0 Å². The largest absolute Gasteiger partial charge is 0.300 e. The Labute approximate surface area is 70.4 Å². The van der Waals surface area contributed by atoms with Crippen LogP contribution in [0.3, 0.4) is 0 Å². The second kappa shape index (κ2) is 3.54. The van der Waals surface area contributed by atoms with E-state index in [0.29, 0.717) is 18.6 Å². The van der Waals surface area contributed by atoms with E-state index in [1.807, 2.05) is 6.92 Å². The first kappa shape index (κ1) is 9.40. The van der Waals surface area contributed by atoms with Crippen molar-refractivity contribution in [2.24, 2.45) is 0 Å². The molecule has 1 nitrogen and oxygen atoms in total. The lowest BCUT2D eigenvalue weighted by Gasteiger charge is -2.13. The topological polar surface area (TPSA) is 17.1 Å². The Balaban J connectivity index is 3.60.